The van der Waals surface area contributed by atoms with E-state index in [0.29, 0.717) is 6.54 Å². The number of methoxy groups -OCH3 is 1. The van der Waals surface area contributed by atoms with Crippen molar-refractivity contribution in [2.24, 2.45) is 5.92 Å². The van der Waals surface area contributed by atoms with Crippen LogP contribution in [0.3, 0.4) is 0 Å². The van der Waals surface area contributed by atoms with Crippen LogP contribution in [0.5, 0.6) is 5.75 Å². The monoisotopic (exact) mass is 473 g/mol. The van der Waals surface area contributed by atoms with Crippen LogP contribution in [0, 0.1) is 5.92 Å². The first-order valence-corrected chi connectivity index (χ1v) is 11.1. The molecular formula is C23H34F3N3O4. The van der Waals surface area contributed by atoms with Crippen LogP contribution in [0.4, 0.5) is 18.9 Å². The Labute approximate surface area is 193 Å². The van der Waals surface area contributed by atoms with Gasteiger partial charge in [0.05, 0.1) is 11.7 Å². The zero-order chi connectivity index (χ0) is 24.8. The molecule has 0 aliphatic carbocycles. The molecule has 1 N–H and O–H groups in total. The zero-order valence-corrected chi connectivity index (χ0v) is 19.9. The van der Waals surface area contributed by atoms with E-state index in [2.05, 4.69) is 24.1 Å². The van der Waals surface area contributed by atoms with Crippen molar-refractivity contribution in [2.75, 3.05) is 45.7 Å². The Balaban J connectivity index is 2.37. The SMILES string of the molecule is CCCN1C[C@@H](C)[C@@H](OC)CN(C)C(=O)c2ccc(NC(=O)CC(F)(F)F)cc2OC[C@H]1C. The lowest BCUT2D eigenvalue weighted by Crippen LogP contribution is -2.46. The number of hydrogen-bond donors (Lipinski definition) is 1. The molecule has 0 aromatic heterocycles. The van der Waals surface area contributed by atoms with Gasteiger partial charge in [-0.1, -0.05) is 13.8 Å². The Morgan fingerprint density at radius 1 is 1.27 bits per heavy atom. The van der Waals surface area contributed by atoms with Gasteiger partial charge in [0.15, 0.2) is 0 Å². The molecule has 2 rings (SSSR count). The fourth-order valence-corrected chi connectivity index (χ4v) is 3.91. The van der Waals surface area contributed by atoms with E-state index in [4.69, 9.17) is 9.47 Å². The molecule has 33 heavy (non-hydrogen) atoms. The summed E-state index contributed by atoms with van der Waals surface area (Å²) in [5.41, 5.74) is 0.399. The minimum absolute atomic E-state index is 0.0218. The Bertz CT molecular complexity index is 819. The van der Waals surface area contributed by atoms with Crippen molar-refractivity contribution < 1.29 is 32.2 Å². The van der Waals surface area contributed by atoms with E-state index in [1.165, 1.54) is 18.2 Å². The number of carbonyl (C=O) groups is 2. The lowest BCUT2D eigenvalue weighted by Gasteiger charge is -2.35. The van der Waals surface area contributed by atoms with Crippen LogP contribution in [-0.2, 0) is 9.53 Å². The van der Waals surface area contributed by atoms with Gasteiger partial charge in [-0.3, -0.25) is 14.5 Å². The molecule has 0 bridgehead atoms. The maximum atomic E-state index is 13.1. The second-order valence-corrected chi connectivity index (χ2v) is 8.64. The highest BCUT2D eigenvalue weighted by atomic mass is 19.4. The van der Waals surface area contributed by atoms with Crippen LogP contribution in [0.1, 0.15) is 44.0 Å². The van der Waals surface area contributed by atoms with E-state index in [9.17, 15) is 22.8 Å². The molecule has 1 aromatic rings. The van der Waals surface area contributed by atoms with Crippen molar-refractivity contribution >= 4 is 17.5 Å². The third-order valence-corrected chi connectivity index (χ3v) is 5.73. The number of nitrogens with zero attached hydrogens (tertiary/aromatic N) is 2. The van der Waals surface area contributed by atoms with E-state index in [0.717, 1.165) is 19.5 Å². The normalized spacial score (nSPS) is 23.2. The minimum atomic E-state index is -4.61. The van der Waals surface area contributed by atoms with Gasteiger partial charge in [0.25, 0.3) is 5.91 Å². The van der Waals surface area contributed by atoms with Crippen LogP contribution in [0.25, 0.3) is 0 Å². The Morgan fingerprint density at radius 2 is 1.97 bits per heavy atom. The number of halogens is 3. The standard InChI is InChI=1S/C23H34F3N3O4/c1-6-9-29-12-15(2)20(32-5)13-28(4)22(31)18-8-7-17(10-19(18)33-14-16(29)3)27-21(30)11-23(24,25)26/h7-8,10,15-16,20H,6,9,11-14H2,1-5H3,(H,27,30)/t15-,16-,20+/m1/s1. The number of amides is 2. The maximum Gasteiger partial charge on any atom is 0.397 e. The quantitative estimate of drug-likeness (QED) is 0.705. The van der Waals surface area contributed by atoms with E-state index in [1.807, 2.05) is 6.92 Å². The molecule has 0 fully saturated rings. The van der Waals surface area contributed by atoms with Crippen LogP contribution in [0.15, 0.2) is 18.2 Å². The minimum Gasteiger partial charge on any atom is -0.491 e. The molecule has 0 spiro atoms. The molecule has 0 unspecified atom stereocenters. The number of rotatable bonds is 5. The lowest BCUT2D eigenvalue weighted by molar-refractivity contribution is -0.150. The van der Waals surface area contributed by atoms with Gasteiger partial charge in [-0.15, -0.1) is 0 Å². The lowest BCUT2D eigenvalue weighted by atomic mass is 10.0. The van der Waals surface area contributed by atoms with Crippen molar-refractivity contribution in [3.05, 3.63) is 23.8 Å². The fourth-order valence-electron chi connectivity index (χ4n) is 3.91. The zero-order valence-electron chi connectivity index (χ0n) is 19.9. The second-order valence-electron chi connectivity index (χ2n) is 8.64. The van der Waals surface area contributed by atoms with Gasteiger partial charge >= 0.3 is 6.18 Å². The molecule has 7 nitrogen and oxygen atoms in total. The van der Waals surface area contributed by atoms with Crippen LogP contribution >= 0.6 is 0 Å². The van der Waals surface area contributed by atoms with Crippen LogP contribution < -0.4 is 10.1 Å². The summed E-state index contributed by atoms with van der Waals surface area (Å²) in [6, 6.07) is 4.28. The number of fused-ring (bicyclic) bond motifs is 1. The molecule has 2 amide bonds. The number of hydrogen-bond acceptors (Lipinski definition) is 5. The molecule has 1 aliphatic rings. The van der Waals surface area contributed by atoms with E-state index >= 15 is 0 Å². The number of anilines is 1. The average Bonchev–Trinajstić information content (AvgIpc) is 2.72. The third-order valence-electron chi connectivity index (χ3n) is 5.73. The Morgan fingerprint density at radius 3 is 2.58 bits per heavy atom. The van der Waals surface area contributed by atoms with Gasteiger partial charge in [-0.25, -0.2) is 0 Å². The van der Waals surface area contributed by atoms with Gasteiger partial charge < -0.3 is 19.7 Å². The van der Waals surface area contributed by atoms with Crippen molar-refractivity contribution in [1.82, 2.24) is 9.80 Å². The molecule has 0 radical (unpaired) electrons. The summed E-state index contributed by atoms with van der Waals surface area (Å²) in [6.07, 6.45) is -5.41. The van der Waals surface area contributed by atoms with Gasteiger partial charge in [-0.2, -0.15) is 13.2 Å². The van der Waals surface area contributed by atoms with Crippen molar-refractivity contribution in [3.63, 3.8) is 0 Å². The second kappa shape index (κ2) is 11.7. The summed E-state index contributed by atoms with van der Waals surface area (Å²) in [7, 11) is 3.30. The summed E-state index contributed by atoms with van der Waals surface area (Å²) in [5.74, 6) is -1.10. The van der Waals surface area contributed by atoms with Crippen molar-refractivity contribution in [2.45, 2.75) is 51.9 Å². The summed E-state index contributed by atoms with van der Waals surface area (Å²) in [6.45, 7) is 8.49. The largest absolute Gasteiger partial charge is 0.491 e. The summed E-state index contributed by atoms with van der Waals surface area (Å²) < 4.78 is 49.2. The number of likely N-dealkylation sites (N-methyl/N-ethyl adjacent to an activating group) is 1. The van der Waals surface area contributed by atoms with Crippen LogP contribution in [0.2, 0.25) is 0 Å². The number of benzene rings is 1. The topological polar surface area (TPSA) is 71.1 Å². The van der Waals surface area contributed by atoms with Crippen molar-refractivity contribution in [1.29, 1.82) is 0 Å². The molecule has 1 heterocycles. The average molecular weight is 474 g/mol. The van der Waals surface area contributed by atoms with Crippen LogP contribution in [-0.4, -0.2) is 80.3 Å². The van der Waals surface area contributed by atoms with Gasteiger partial charge in [0.2, 0.25) is 5.91 Å². The Kier molecular flexibility index (Phi) is 9.54. The van der Waals surface area contributed by atoms with Crippen molar-refractivity contribution in [3.8, 4) is 5.75 Å². The molecule has 0 saturated heterocycles. The molecule has 186 valence electrons. The highest BCUT2D eigenvalue weighted by molar-refractivity contribution is 5.98. The molecule has 0 saturated carbocycles. The molecular weight excluding hydrogens is 439 g/mol. The highest BCUT2D eigenvalue weighted by Gasteiger charge is 2.32. The number of nitrogens with one attached hydrogen (secondary N) is 1. The first-order chi connectivity index (χ1) is 15.4. The maximum absolute atomic E-state index is 13.1. The van der Waals surface area contributed by atoms with Gasteiger partial charge in [-0.05, 0) is 37.9 Å². The summed E-state index contributed by atoms with van der Waals surface area (Å²) in [5, 5.41) is 2.23. The first-order valence-electron chi connectivity index (χ1n) is 11.1. The fraction of sp³-hybridized carbons (Fsp3) is 0.652. The number of alkyl halides is 3. The summed E-state index contributed by atoms with van der Waals surface area (Å²) in [4.78, 5) is 28.7. The number of ether oxygens (including phenoxy) is 2. The smallest absolute Gasteiger partial charge is 0.397 e. The van der Waals surface area contributed by atoms with E-state index in [-0.39, 0.29) is 47.6 Å². The first kappa shape index (κ1) is 26.9. The molecule has 1 aliphatic heterocycles. The van der Waals surface area contributed by atoms with Gasteiger partial charge in [0, 0.05) is 45.0 Å². The molecule has 10 heteroatoms. The Hall–Kier alpha value is -2.33. The summed E-state index contributed by atoms with van der Waals surface area (Å²) >= 11 is 0. The number of carbonyl (C=O) groups excluding carboxylic acids is 2. The molecule has 3 atom stereocenters. The van der Waals surface area contributed by atoms with Gasteiger partial charge in [0.1, 0.15) is 18.8 Å². The third kappa shape index (κ3) is 7.89. The van der Waals surface area contributed by atoms with E-state index in [1.54, 1.807) is 19.1 Å². The predicted molar refractivity (Wildman–Crippen MR) is 119 cm³/mol. The predicted octanol–water partition coefficient (Wildman–Crippen LogP) is 3.79. The van der Waals surface area contributed by atoms with E-state index < -0.39 is 18.5 Å². The highest BCUT2D eigenvalue weighted by Crippen LogP contribution is 2.28. The molecule has 1 aromatic carbocycles.